The van der Waals surface area contributed by atoms with Gasteiger partial charge in [-0.1, -0.05) is 23.5 Å². The number of fused-ring (bicyclic) bond motifs is 1. The number of hydrogen-bond donors (Lipinski definition) is 1. The fourth-order valence-electron chi connectivity index (χ4n) is 2.72. The molecule has 1 aliphatic rings. The van der Waals surface area contributed by atoms with E-state index in [0.717, 1.165) is 51.8 Å². The molecule has 0 radical (unpaired) electrons. The third kappa shape index (κ3) is 3.53. The van der Waals surface area contributed by atoms with E-state index in [1.807, 2.05) is 36.4 Å². The van der Waals surface area contributed by atoms with Crippen LogP contribution in [0.1, 0.15) is 10.4 Å². The van der Waals surface area contributed by atoms with Crippen molar-refractivity contribution >= 4 is 54.2 Å². The molecule has 2 aromatic carbocycles. The number of carbonyl (C=O) groups is 1. The molecule has 7 heteroatoms. The number of thiazole rings is 1. The van der Waals surface area contributed by atoms with Crippen molar-refractivity contribution in [1.29, 1.82) is 0 Å². The first-order valence-corrected chi connectivity index (χ1v) is 9.61. The molecule has 2 heterocycles. The first-order chi connectivity index (χ1) is 12.2. The first kappa shape index (κ1) is 16.5. The van der Waals surface area contributed by atoms with Crippen molar-refractivity contribution in [3.8, 4) is 0 Å². The van der Waals surface area contributed by atoms with Crippen molar-refractivity contribution in [2.75, 3.05) is 36.5 Å². The van der Waals surface area contributed by atoms with Crippen LogP contribution in [0.4, 0.5) is 10.8 Å². The van der Waals surface area contributed by atoms with Crippen LogP contribution in [0.15, 0.2) is 46.9 Å². The average Bonchev–Trinajstić information content (AvgIpc) is 3.06. The van der Waals surface area contributed by atoms with Gasteiger partial charge in [0, 0.05) is 23.2 Å². The summed E-state index contributed by atoms with van der Waals surface area (Å²) in [6.45, 7) is 3.21. The van der Waals surface area contributed by atoms with Gasteiger partial charge in [-0.2, -0.15) is 0 Å². The van der Waals surface area contributed by atoms with Gasteiger partial charge in [0.15, 0.2) is 5.13 Å². The van der Waals surface area contributed by atoms with Gasteiger partial charge in [0.1, 0.15) is 0 Å². The fourth-order valence-corrected chi connectivity index (χ4v) is 4.25. The zero-order valence-electron chi connectivity index (χ0n) is 13.4. The maximum atomic E-state index is 12.4. The second-order valence-corrected chi connectivity index (χ2v) is 7.58. The minimum Gasteiger partial charge on any atom is -0.378 e. The van der Waals surface area contributed by atoms with Crippen LogP contribution < -0.4 is 10.2 Å². The molecule has 1 N–H and O–H groups in total. The van der Waals surface area contributed by atoms with Crippen LogP contribution in [-0.4, -0.2) is 37.2 Å². The molecular formula is C18H16BrN3O2S. The number of halogens is 1. The summed E-state index contributed by atoms with van der Waals surface area (Å²) in [5.41, 5.74) is 2.33. The third-order valence-electron chi connectivity index (χ3n) is 4.04. The first-order valence-electron chi connectivity index (χ1n) is 8.00. The molecular weight excluding hydrogens is 402 g/mol. The van der Waals surface area contributed by atoms with Crippen LogP contribution in [0.5, 0.6) is 0 Å². The number of rotatable bonds is 3. The number of benzene rings is 2. The highest BCUT2D eigenvalue weighted by Gasteiger charge is 2.16. The maximum Gasteiger partial charge on any atom is 0.256 e. The Hall–Kier alpha value is -1.96. The van der Waals surface area contributed by atoms with Gasteiger partial charge in [0.25, 0.3) is 5.91 Å². The number of morpholine rings is 1. The van der Waals surface area contributed by atoms with E-state index < -0.39 is 0 Å². The lowest BCUT2D eigenvalue weighted by Gasteiger charge is -2.25. The van der Waals surface area contributed by atoms with E-state index in [-0.39, 0.29) is 5.91 Å². The van der Waals surface area contributed by atoms with Crippen molar-refractivity contribution in [1.82, 2.24) is 4.98 Å². The SMILES string of the molecule is O=C(Nc1ccc2nc(N3CCOCC3)sc2c1)c1ccccc1Br. The lowest BCUT2D eigenvalue weighted by molar-refractivity contribution is 0.102. The van der Waals surface area contributed by atoms with E-state index in [4.69, 9.17) is 9.72 Å². The number of aromatic nitrogens is 1. The Kier molecular flexibility index (Phi) is 4.70. The number of nitrogens with zero attached hydrogens (tertiary/aromatic N) is 2. The van der Waals surface area contributed by atoms with Crippen molar-refractivity contribution in [3.05, 3.63) is 52.5 Å². The number of nitrogens with one attached hydrogen (secondary N) is 1. The standard InChI is InChI=1S/C18H16BrN3O2S/c19-14-4-2-1-3-13(14)17(23)20-12-5-6-15-16(11-12)25-18(21-15)22-7-9-24-10-8-22/h1-6,11H,7-10H2,(H,20,23). The molecule has 0 atom stereocenters. The van der Waals surface area contributed by atoms with E-state index >= 15 is 0 Å². The summed E-state index contributed by atoms with van der Waals surface area (Å²) in [6.07, 6.45) is 0. The Morgan fingerprint density at radius 1 is 1.20 bits per heavy atom. The summed E-state index contributed by atoms with van der Waals surface area (Å²) < 4.78 is 7.23. The molecule has 1 aromatic heterocycles. The number of amides is 1. The smallest absolute Gasteiger partial charge is 0.256 e. The van der Waals surface area contributed by atoms with Gasteiger partial charge in [0.2, 0.25) is 0 Å². The van der Waals surface area contributed by atoms with Gasteiger partial charge in [-0.15, -0.1) is 0 Å². The topological polar surface area (TPSA) is 54.5 Å². The molecule has 25 heavy (non-hydrogen) atoms. The quantitative estimate of drug-likeness (QED) is 0.695. The third-order valence-corrected chi connectivity index (χ3v) is 5.81. The van der Waals surface area contributed by atoms with Crippen molar-refractivity contribution < 1.29 is 9.53 Å². The second kappa shape index (κ2) is 7.11. The monoisotopic (exact) mass is 417 g/mol. The number of anilines is 2. The molecule has 1 fully saturated rings. The van der Waals surface area contributed by atoms with E-state index in [1.54, 1.807) is 17.4 Å². The predicted molar refractivity (Wildman–Crippen MR) is 105 cm³/mol. The highest BCUT2D eigenvalue weighted by atomic mass is 79.9. The Morgan fingerprint density at radius 2 is 2.00 bits per heavy atom. The zero-order chi connectivity index (χ0) is 17.2. The summed E-state index contributed by atoms with van der Waals surface area (Å²) in [4.78, 5) is 19.4. The Morgan fingerprint density at radius 3 is 2.80 bits per heavy atom. The molecule has 5 nitrogen and oxygen atoms in total. The highest BCUT2D eigenvalue weighted by molar-refractivity contribution is 9.10. The van der Waals surface area contributed by atoms with Gasteiger partial charge in [-0.3, -0.25) is 4.79 Å². The van der Waals surface area contributed by atoms with Crippen molar-refractivity contribution in [3.63, 3.8) is 0 Å². The Bertz CT molecular complexity index is 922. The largest absolute Gasteiger partial charge is 0.378 e. The van der Waals surface area contributed by atoms with Crippen LogP contribution in [0, 0.1) is 0 Å². The molecule has 0 bridgehead atoms. The average molecular weight is 418 g/mol. The number of ether oxygens (including phenoxy) is 1. The minimum absolute atomic E-state index is 0.134. The van der Waals surface area contributed by atoms with E-state index in [2.05, 4.69) is 26.1 Å². The summed E-state index contributed by atoms with van der Waals surface area (Å²) >= 11 is 5.06. The zero-order valence-corrected chi connectivity index (χ0v) is 15.8. The lowest BCUT2D eigenvalue weighted by atomic mass is 10.2. The van der Waals surface area contributed by atoms with Crippen LogP contribution in [0.3, 0.4) is 0 Å². The summed E-state index contributed by atoms with van der Waals surface area (Å²) in [5.74, 6) is -0.134. The molecule has 1 amide bonds. The predicted octanol–water partition coefficient (Wildman–Crippen LogP) is 4.15. The molecule has 128 valence electrons. The van der Waals surface area contributed by atoms with E-state index in [9.17, 15) is 4.79 Å². The van der Waals surface area contributed by atoms with E-state index in [0.29, 0.717) is 5.56 Å². The van der Waals surface area contributed by atoms with Gasteiger partial charge >= 0.3 is 0 Å². The molecule has 0 aliphatic carbocycles. The molecule has 0 spiro atoms. The molecule has 0 unspecified atom stereocenters. The molecule has 1 saturated heterocycles. The molecule has 1 aliphatic heterocycles. The van der Waals surface area contributed by atoms with Crippen LogP contribution in [0.25, 0.3) is 10.2 Å². The van der Waals surface area contributed by atoms with Gasteiger partial charge in [-0.05, 0) is 46.3 Å². The maximum absolute atomic E-state index is 12.4. The minimum atomic E-state index is -0.134. The summed E-state index contributed by atoms with van der Waals surface area (Å²) in [7, 11) is 0. The van der Waals surface area contributed by atoms with Gasteiger partial charge in [-0.25, -0.2) is 4.98 Å². The summed E-state index contributed by atoms with van der Waals surface area (Å²) in [5, 5.41) is 3.96. The van der Waals surface area contributed by atoms with Gasteiger partial charge < -0.3 is 15.0 Å². The molecule has 0 saturated carbocycles. The normalized spacial score (nSPS) is 14.7. The van der Waals surface area contributed by atoms with Crippen molar-refractivity contribution in [2.45, 2.75) is 0 Å². The van der Waals surface area contributed by atoms with Crippen molar-refractivity contribution in [2.24, 2.45) is 0 Å². The molecule has 4 rings (SSSR count). The highest BCUT2D eigenvalue weighted by Crippen LogP contribution is 2.31. The van der Waals surface area contributed by atoms with Gasteiger partial charge in [0.05, 0.1) is 29.0 Å². The summed E-state index contributed by atoms with van der Waals surface area (Å²) in [6, 6.07) is 13.2. The lowest BCUT2D eigenvalue weighted by Crippen LogP contribution is -2.36. The second-order valence-electron chi connectivity index (χ2n) is 5.71. The Balaban J connectivity index is 1.56. The van der Waals surface area contributed by atoms with E-state index in [1.165, 1.54) is 0 Å². The Labute approximate surface area is 157 Å². The number of hydrogen-bond acceptors (Lipinski definition) is 5. The fraction of sp³-hybridized carbons (Fsp3) is 0.222. The van der Waals surface area contributed by atoms with Crippen LogP contribution in [0.2, 0.25) is 0 Å². The van der Waals surface area contributed by atoms with Crippen LogP contribution >= 0.6 is 27.3 Å². The molecule has 3 aromatic rings. The number of carbonyl (C=O) groups excluding carboxylic acids is 1. The van der Waals surface area contributed by atoms with Crippen LogP contribution in [-0.2, 0) is 4.74 Å².